The molecule has 61 heavy (non-hydrogen) atoms. The maximum Gasteiger partial charge on any atom is 0.422 e. The molecule has 1 aromatic heterocycles. The van der Waals surface area contributed by atoms with Gasteiger partial charge in [-0.1, -0.05) is 23.7 Å². The lowest BCUT2D eigenvalue weighted by atomic mass is 9.93. The van der Waals surface area contributed by atoms with Gasteiger partial charge in [0.1, 0.15) is 11.8 Å². The van der Waals surface area contributed by atoms with Gasteiger partial charge in [-0.05, 0) is 105 Å². The summed E-state index contributed by atoms with van der Waals surface area (Å²) in [7, 11) is 1.14. The van der Waals surface area contributed by atoms with Crippen LogP contribution in [0.2, 0.25) is 5.02 Å². The van der Waals surface area contributed by atoms with Gasteiger partial charge in [-0.15, -0.1) is 0 Å². The highest BCUT2D eigenvalue weighted by atomic mass is 35.5. The predicted octanol–water partition coefficient (Wildman–Crippen LogP) is 5.53. The lowest BCUT2D eigenvalue weighted by Gasteiger charge is -2.32. The van der Waals surface area contributed by atoms with Crippen LogP contribution in [0, 0.1) is 5.92 Å². The minimum absolute atomic E-state index is 0.0338. The molecular weight excluding hydrogens is 823 g/mol. The molecule has 0 bridgehead atoms. The van der Waals surface area contributed by atoms with Crippen molar-refractivity contribution < 1.29 is 46.6 Å². The van der Waals surface area contributed by atoms with Crippen molar-refractivity contribution in [2.45, 2.75) is 56.8 Å². The summed E-state index contributed by atoms with van der Waals surface area (Å²) >= 11 is 6.04. The van der Waals surface area contributed by atoms with Crippen molar-refractivity contribution in [2.24, 2.45) is 5.92 Å². The van der Waals surface area contributed by atoms with Crippen LogP contribution in [0.25, 0.3) is 0 Å². The molecule has 20 heteroatoms. The number of ether oxygens (including phenoxy) is 2. The molecule has 2 aliphatic rings. The fourth-order valence-electron chi connectivity index (χ4n) is 6.64. The highest BCUT2D eigenvalue weighted by Crippen LogP contribution is 2.48. The first kappa shape index (κ1) is 44.1. The smallest absolute Gasteiger partial charge is 0.422 e. The highest BCUT2D eigenvalue weighted by Gasteiger charge is 2.45. The number of nitrogens with one attached hydrogen (secondary N) is 5. The summed E-state index contributed by atoms with van der Waals surface area (Å²) in [5.74, 6) is -3.24. The number of aromatic nitrogens is 3. The minimum Gasteiger partial charge on any atom is -0.467 e. The molecule has 322 valence electrons. The molecule has 16 nitrogen and oxygen atoms in total. The quantitative estimate of drug-likeness (QED) is 0.0695. The third-order valence-electron chi connectivity index (χ3n) is 10.2. The number of carbonyl (C=O) groups is 5. The number of amides is 3. The van der Waals surface area contributed by atoms with Gasteiger partial charge < -0.3 is 41.0 Å². The molecule has 5 N–H and O–H groups in total. The third-order valence-corrected chi connectivity index (χ3v) is 10.4. The van der Waals surface area contributed by atoms with Crippen molar-refractivity contribution in [1.82, 2.24) is 25.6 Å². The van der Waals surface area contributed by atoms with Gasteiger partial charge in [-0.2, -0.15) is 28.1 Å². The summed E-state index contributed by atoms with van der Waals surface area (Å²) in [4.78, 5) is 77.1. The van der Waals surface area contributed by atoms with Crippen LogP contribution in [-0.2, 0) is 29.5 Å². The summed E-state index contributed by atoms with van der Waals surface area (Å²) in [6.07, 6.45) is -1.80. The van der Waals surface area contributed by atoms with E-state index in [2.05, 4.69) is 46.4 Å². The van der Waals surface area contributed by atoms with Crippen molar-refractivity contribution in [1.29, 1.82) is 0 Å². The zero-order chi connectivity index (χ0) is 43.7. The standard InChI is InChI=1S/C41H43ClF3N9O7/c1-24(55)25-16-21-54(22-17-25)31-13-11-29(12-14-31)47-35(58)34(57)46-20-15-32(36(59)60-2)49-33(56)26-3-9-30(10-4-26)48-37-50-38(52-39(51-37)61-23-41(43,44)45)53-40(18-19-40)27-5-7-28(42)8-6-27/h3-14,25,32H,15-23H2,1-2H3,(H,46,57)(H,47,58)(H,49,56)(H2,48,50,51,52,53)/t32-/m0/s1. The second-order valence-electron chi connectivity index (χ2n) is 14.6. The fourth-order valence-corrected chi connectivity index (χ4v) is 6.76. The SMILES string of the molecule is COC(=O)[C@H](CCNC(=O)C(=O)Nc1ccc(N2CCC(C(C)=O)CC2)cc1)NC(=O)c1ccc(Nc2nc(NC3(c4ccc(Cl)cc4)CC3)nc(OCC(F)(F)F)n2)cc1. The van der Waals surface area contributed by atoms with Gasteiger partial charge in [0.05, 0.1) is 12.6 Å². The van der Waals surface area contributed by atoms with E-state index < -0.39 is 54.1 Å². The summed E-state index contributed by atoms with van der Waals surface area (Å²) in [5.41, 5.74) is 2.13. The number of piperidine rings is 1. The van der Waals surface area contributed by atoms with Crippen LogP contribution in [0.1, 0.15) is 54.9 Å². The van der Waals surface area contributed by atoms with Crippen molar-refractivity contribution in [3.8, 4) is 6.01 Å². The van der Waals surface area contributed by atoms with E-state index in [0.717, 1.165) is 44.3 Å². The molecule has 2 heterocycles. The molecule has 0 radical (unpaired) electrons. The van der Waals surface area contributed by atoms with Gasteiger partial charge in [0.25, 0.3) is 5.91 Å². The maximum atomic E-state index is 13.2. The van der Waals surface area contributed by atoms with E-state index in [-0.39, 0.29) is 42.1 Å². The van der Waals surface area contributed by atoms with Crippen molar-refractivity contribution in [3.63, 3.8) is 0 Å². The molecule has 1 atom stereocenters. The Kier molecular flexibility index (Phi) is 13.9. The van der Waals surface area contributed by atoms with E-state index in [1.165, 1.54) is 24.3 Å². The number of Topliss-reactive ketones (excluding diaryl/α,β-unsaturated/α-hetero) is 1. The molecule has 1 aliphatic carbocycles. The number of esters is 1. The van der Waals surface area contributed by atoms with Gasteiger partial charge in [-0.25, -0.2) is 4.79 Å². The van der Waals surface area contributed by atoms with Gasteiger partial charge >= 0.3 is 30.0 Å². The first-order valence-corrected chi connectivity index (χ1v) is 19.7. The molecule has 1 saturated heterocycles. The number of rotatable bonds is 16. The molecule has 1 aliphatic heterocycles. The largest absolute Gasteiger partial charge is 0.467 e. The van der Waals surface area contributed by atoms with Gasteiger partial charge in [-0.3, -0.25) is 19.2 Å². The molecule has 6 rings (SSSR count). The molecule has 3 amide bonds. The average Bonchev–Trinajstić information content (AvgIpc) is 4.02. The second-order valence-corrected chi connectivity index (χ2v) is 15.0. The van der Waals surface area contributed by atoms with Crippen LogP contribution in [0.5, 0.6) is 6.01 Å². The monoisotopic (exact) mass is 865 g/mol. The topological polar surface area (TPSA) is 206 Å². The zero-order valence-corrected chi connectivity index (χ0v) is 33.9. The van der Waals surface area contributed by atoms with Crippen molar-refractivity contribution >= 4 is 70.0 Å². The summed E-state index contributed by atoms with van der Waals surface area (Å²) in [6, 6.07) is 18.1. The van der Waals surface area contributed by atoms with E-state index in [9.17, 15) is 37.1 Å². The summed E-state index contributed by atoms with van der Waals surface area (Å²) in [6.45, 7) is 1.30. The predicted molar refractivity (Wildman–Crippen MR) is 219 cm³/mol. The normalized spacial score (nSPS) is 15.1. The Balaban J connectivity index is 1.01. The van der Waals surface area contributed by atoms with Gasteiger partial charge in [0, 0.05) is 53.2 Å². The van der Waals surface area contributed by atoms with Crippen LogP contribution in [0.15, 0.2) is 72.8 Å². The number of benzene rings is 3. The average molecular weight is 866 g/mol. The van der Waals surface area contributed by atoms with Crippen LogP contribution < -0.4 is 36.2 Å². The Bertz CT molecular complexity index is 2220. The highest BCUT2D eigenvalue weighted by molar-refractivity contribution is 6.39. The third kappa shape index (κ3) is 12.3. The molecule has 1 saturated carbocycles. The Morgan fingerprint density at radius 2 is 1.51 bits per heavy atom. The molecule has 2 fully saturated rings. The van der Waals surface area contributed by atoms with Gasteiger partial charge in [0.15, 0.2) is 6.61 Å². The number of hydrogen-bond donors (Lipinski definition) is 5. The van der Waals surface area contributed by atoms with E-state index in [1.807, 2.05) is 24.3 Å². The van der Waals surface area contributed by atoms with Crippen LogP contribution in [0.3, 0.4) is 0 Å². The number of nitrogens with zero attached hydrogens (tertiary/aromatic N) is 4. The number of carbonyl (C=O) groups excluding carboxylic acids is 5. The Morgan fingerprint density at radius 1 is 0.869 bits per heavy atom. The van der Waals surface area contributed by atoms with Gasteiger partial charge in [0.2, 0.25) is 11.9 Å². The molecular formula is C41H43ClF3N9O7. The minimum atomic E-state index is -4.64. The molecule has 0 spiro atoms. The van der Waals surface area contributed by atoms with Crippen molar-refractivity contribution in [2.75, 3.05) is 54.2 Å². The van der Waals surface area contributed by atoms with Crippen LogP contribution in [0.4, 0.5) is 42.1 Å². The fraction of sp³-hybridized carbons (Fsp3) is 0.366. The number of ketones is 1. The second kappa shape index (κ2) is 19.3. The Hall–Kier alpha value is -6.50. The van der Waals surface area contributed by atoms with E-state index >= 15 is 0 Å². The first-order chi connectivity index (χ1) is 29.1. The molecule has 3 aromatic carbocycles. The van der Waals surface area contributed by atoms with E-state index in [0.29, 0.717) is 29.2 Å². The summed E-state index contributed by atoms with van der Waals surface area (Å²) < 4.78 is 48.7. The number of hydrogen-bond acceptors (Lipinski definition) is 13. The van der Waals surface area contributed by atoms with Crippen LogP contribution in [-0.4, -0.2) is 90.0 Å². The lowest BCUT2D eigenvalue weighted by molar-refractivity contribution is -0.154. The van der Waals surface area contributed by atoms with E-state index in [4.69, 9.17) is 21.1 Å². The number of halogens is 4. The molecule has 4 aromatic rings. The first-order valence-electron chi connectivity index (χ1n) is 19.3. The van der Waals surface area contributed by atoms with Crippen LogP contribution >= 0.6 is 11.6 Å². The van der Waals surface area contributed by atoms with Crippen molar-refractivity contribution in [3.05, 3.63) is 88.9 Å². The lowest BCUT2D eigenvalue weighted by Crippen LogP contribution is -2.44. The Labute approximate surface area is 353 Å². The summed E-state index contributed by atoms with van der Waals surface area (Å²) in [5, 5.41) is 14.1. The zero-order valence-electron chi connectivity index (χ0n) is 33.1. The number of alkyl halides is 3. The maximum absolute atomic E-state index is 13.2. The molecule has 0 unspecified atom stereocenters. The number of anilines is 5. The Morgan fingerprint density at radius 3 is 2.11 bits per heavy atom. The van der Waals surface area contributed by atoms with E-state index in [1.54, 1.807) is 31.2 Å². The number of methoxy groups -OCH3 is 1.